The number of fused-ring (bicyclic) bond motifs is 1. The Hall–Kier alpha value is -2.41. The van der Waals surface area contributed by atoms with Crippen LogP contribution >= 0.6 is 0 Å². The number of aryl methyl sites for hydroxylation is 1. The Kier molecular flexibility index (Phi) is 4.87. The second kappa shape index (κ2) is 7.20. The molecule has 1 saturated carbocycles. The molecule has 1 saturated heterocycles. The Bertz CT molecular complexity index is 989. The summed E-state index contributed by atoms with van der Waals surface area (Å²) < 4.78 is 16.3. The van der Waals surface area contributed by atoms with Gasteiger partial charge in [-0.3, -0.25) is 9.20 Å². The maximum absolute atomic E-state index is 15.1. The van der Waals surface area contributed by atoms with E-state index in [9.17, 15) is 14.7 Å². The lowest BCUT2D eigenvalue weighted by molar-refractivity contribution is 0.0694. The minimum absolute atomic E-state index is 0.243. The highest BCUT2D eigenvalue weighted by molar-refractivity contribution is 5.89. The second-order valence-electron chi connectivity index (χ2n) is 8.06. The molecule has 7 heteroatoms. The Morgan fingerprint density at radius 2 is 1.96 bits per heavy atom. The maximum atomic E-state index is 15.1. The van der Waals surface area contributed by atoms with Crippen molar-refractivity contribution in [3.8, 4) is 0 Å². The van der Waals surface area contributed by atoms with Gasteiger partial charge in [0.05, 0.1) is 17.4 Å². The van der Waals surface area contributed by atoms with Gasteiger partial charge in [0.1, 0.15) is 5.56 Å². The minimum atomic E-state index is -1.27. The molecule has 0 bridgehead atoms. The Morgan fingerprint density at radius 3 is 2.54 bits per heavy atom. The number of hydrogen-bond donors (Lipinski definition) is 2. The topological polar surface area (TPSA) is 74.0 Å². The van der Waals surface area contributed by atoms with Crippen LogP contribution in [0.25, 0.3) is 5.52 Å². The molecule has 0 spiro atoms. The first kappa shape index (κ1) is 18.9. The van der Waals surface area contributed by atoms with E-state index in [1.54, 1.807) is 0 Å². The summed E-state index contributed by atoms with van der Waals surface area (Å²) in [4.78, 5) is 26.2. The van der Waals surface area contributed by atoms with Gasteiger partial charge < -0.3 is 15.3 Å². The predicted molar refractivity (Wildman–Crippen MR) is 106 cm³/mol. The number of carboxylic acids is 1. The number of halogens is 1. The highest BCUT2D eigenvalue weighted by atomic mass is 19.1. The molecule has 1 aliphatic carbocycles. The average Bonchev–Trinajstić information content (AvgIpc) is 3.49. The normalized spacial score (nSPS) is 18.0. The molecule has 0 unspecified atom stereocenters. The second-order valence-corrected chi connectivity index (χ2v) is 8.06. The smallest absolute Gasteiger partial charge is 0.341 e. The molecule has 28 heavy (non-hydrogen) atoms. The molecule has 2 aliphatic rings. The fraction of sp³-hybridized carbons (Fsp3) is 0.524. The standard InChI is InChI=1S/C21H26FN3O3/c1-12-18-15(14-3-4-14)9-16(21(27)28)20(26)25(18)11-17(22)19(12)24-7-5-13(6-8-24)10-23-2/h9,11,13-14,23H,3-8,10H2,1-2H3,(H,27,28). The fourth-order valence-electron chi connectivity index (χ4n) is 4.54. The van der Waals surface area contributed by atoms with Crippen LogP contribution in [0.15, 0.2) is 17.1 Å². The predicted octanol–water partition coefficient (Wildman–Crippen LogP) is 2.76. The number of aromatic carboxylic acids is 1. The van der Waals surface area contributed by atoms with Gasteiger partial charge in [0.25, 0.3) is 5.56 Å². The summed E-state index contributed by atoms with van der Waals surface area (Å²) in [6.45, 7) is 4.36. The zero-order valence-electron chi connectivity index (χ0n) is 16.3. The lowest BCUT2D eigenvalue weighted by Crippen LogP contribution is -2.38. The monoisotopic (exact) mass is 387 g/mol. The highest BCUT2D eigenvalue weighted by Gasteiger charge is 2.31. The molecule has 4 rings (SSSR count). The van der Waals surface area contributed by atoms with Gasteiger partial charge in [0, 0.05) is 13.1 Å². The molecule has 150 valence electrons. The number of anilines is 1. The van der Waals surface area contributed by atoms with Gasteiger partial charge in [0.15, 0.2) is 5.82 Å². The van der Waals surface area contributed by atoms with Gasteiger partial charge in [-0.2, -0.15) is 0 Å². The van der Waals surface area contributed by atoms with E-state index in [4.69, 9.17) is 0 Å². The van der Waals surface area contributed by atoms with Crippen molar-refractivity contribution >= 4 is 17.2 Å². The van der Waals surface area contributed by atoms with E-state index >= 15 is 4.39 Å². The van der Waals surface area contributed by atoms with E-state index in [1.807, 2.05) is 14.0 Å². The number of rotatable bonds is 5. The third kappa shape index (κ3) is 3.17. The molecule has 6 nitrogen and oxygen atoms in total. The van der Waals surface area contributed by atoms with Crippen LogP contribution in [0.4, 0.5) is 10.1 Å². The van der Waals surface area contributed by atoms with Crippen molar-refractivity contribution in [2.24, 2.45) is 5.92 Å². The summed E-state index contributed by atoms with van der Waals surface area (Å²) in [5.74, 6) is -0.904. The van der Waals surface area contributed by atoms with Gasteiger partial charge in [0.2, 0.25) is 0 Å². The van der Waals surface area contributed by atoms with Gasteiger partial charge >= 0.3 is 5.97 Å². The van der Waals surface area contributed by atoms with Gasteiger partial charge in [-0.1, -0.05) is 0 Å². The third-order valence-corrected chi connectivity index (χ3v) is 6.11. The summed E-state index contributed by atoms with van der Waals surface area (Å²) in [7, 11) is 1.95. The van der Waals surface area contributed by atoms with E-state index < -0.39 is 17.3 Å². The molecule has 0 atom stereocenters. The molecular formula is C21H26FN3O3. The van der Waals surface area contributed by atoms with Crippen molar-refractivity contribution in [2.45, 2.75) is 38.5 Å². The SMILES string of the molecule is CNCC1CCN(c2c(F)cn3c(=O)c(C(=O)O)cc(C4CC4)c3c2C)CC1. The molecule has 2 aromatic heterocycles. The van der Waals surface area contributed by atoms with Crippen LogP contribution in [0.5, 0.6) is 0 Å². The quantitative estimate of drug-likeness (QED) is 0.825. The van der Waals surface area contributed by atoms with Crippen LogP contribution in [-0.4, -0.2) is 42.2 Å². The summed E-state index contributed by atoms with van der Waals surface area (Å²) in [6.07, 6.45) is 5.09. The summed E-state index contributed by atoms with van der Waals surface area (Å²) in [5, 5.41) is 12.6. The number of hydrogen-bond acceptors (Lipinski definition) is 4. The Labute approximate surface area is 163 Å². The number of carboxylic acid groups (broad SMARTS) is 1. The third-order valence-electron chi connectivity index (χ3n) is 6.11. The lowest BCUT2D eigenvalue weighted by atomic mass is 9.95. The molecule has 0 amide bonds. The van der Waals surface area contributed by atoms with E-state index in [2.05, 4.69) is 10.2 Å². The molecule has 0 aromatic carbocycles. The van der Waals surface area contributed by atoms with Gasteiger partial charge in [-0.15, -0.1) is 0 Å². The lowest BCUT2D eigenvalue weighted by Gasteiger charge is -2.35. The van der Waals surface area contributed by atoms with Gasteiger partial charge in [-0.05, 0) is 75.2 Å². The Morgan fingerprint density at radius 1 is 1.29 bits per heavy atom. The number of piperidine rings is 1. The van der Waals surface area contributed by atoms with Crippen molar-refractivity contribution < 1.29 is 14.3 Å². The number of nitrogens with zero attached hydrogens (tertiary/aromatic N) is 2. The molecule has 2 fully saturated rings. The fourth-order valence-corrected chi connectivity index (χ4v) is 4.54. The maximum Gasteiger partial charge on any atom is 0.341 e. The number of aromatic nitrogens is 1. The number of pyridine rings is 2. The van der Waals surface area contributed by atoms with Crippen LogP contribution in [0.2, 0.25) is 0 Å². The molecule has 2 N–H and O–H groups in total. The van der Waals surface area contributed by atoms with Crippen molar-refractivity contribution in [2.75, 3.05) is 31.6 Å². The zero-order valence-corrected chi connectivity index (χ0v) is 16.3. The number of nitrogens with one attached hydrogen (secondary N) is 1. The molecule has 2 aromatic rings. The van der Waals surface area contributed by atoms with Crippen LogP contribution in [-0.2, 0) is 0 Å². The van der Waals surface area contributed by atoms with E-state index in [0.29, 0.717) is 17.1 Å². The minimum Gasteiger partial charge on any atom is -0.477 e. The highest BCUT2D eigenvalue weighted by Crippen LogP contribution is 2.44. The van der Waals surface area contributed by atoms with Crippen molar-refractivity contribution in [3.63, 3.8) is 0 Å². The summed E-state index contributed by atoms with van der Waals surface area (Å²) >= 11 is 0. The van der Waals surface area contributed by atoms with Gasteiger partial charge in [-0.25, -0.2) is 9.18 Å². The van der Waals surface area contributed by atoms with E-state index in [0.717, 1.165) is 56.4 Å². The van der Waals surface area contributed by atoms with Crippen LogP contribution < -0.4 is 15.8 Å². The van der Waals surface area contributed by atoms with Crippen LogP contribution in [0.1, 0.15) is 53.1 Å². The first-order valence-electron chi connectivity index (χ1n) is 9.93. The first-order valence-corrected chi connectivity index (χ1v) is 9.93. The van der Waals surface area contributed by atoms with E-state index in [-0.39, 0.29) is 11.5 Å². The largest absolute Gasteiger partial charge is 0.477 e. The van der Waals surface area contributed by atoms with Crippen LogP contribution in [0, 0.1) is 18.7 Å². The average molecular weight is 387 g/mol. The summed E-state index contributed by atoms with van der Waals surface area (Å²) in [6, 6.07) is 1.51. The first-order chi connectivity index (χ1) is 13.4. The molecular weight excluding hydrogens is 361 g/mol. The Balaban J connectivity index is 1.84. The summed E-state index contributed by atoms with van der Waals surface area (Å²) in [5.41, 5.74) is 1.83. The molecule has 1 aliphatic heterocycles. The zero-order chi connectivity index (χ0) is 20.0. The molecule has 3 heterocycles. The van der Waals surface area contributed by atoms with Crippen molar-refractivity contribution in [1.82, 2.24) is 9.72 Å². The number of carbonyl (C=O) groups is 1. The van der Waals surface area contributed by atoms with Crippen molar-refractivity contribution in [1.29, 1.82) is 0 Å². The molecule has 0 radical (unpaired) electrons. The van der Waals surface area contributed by atoms with Crippen molar-refractivity contribution in [3.05, 3.63) is 45.1 Å². The van der Waals surface area contributed by atoms with Crippen LogP contribution in [0.3, 0.4) is 0 Å². The van der Waals surface area contributed by atoms with E-state index in [1.165, 1.54) is 16.7 Å².